The van der Waals surface area contributed by atoms with Crippen LogP contribution in [0.3, 0.4) is 0 Å². The molecule has 0 fully saturated rings. The van der Waals surface area contributed by atoms with Crippen molar-refractivity contribution < 1.29 is 8.81 Å². The minimum Gasteiger partial charge on any atom is -0.456 e. The van der Waals surface area contributed by atoms with E-state index in [4.69, 9.17) is 21.9 Å². The summed E-state index contributed by atoms with van der Waals surface area (Å²) in [5.74, 6) is 5.80. The highest BCUT2D eigenvalue weighted by atomic mass is 35.5. The van der Waals surface area contributed by atoms with Crippen molar-refractivity contribution in [3.63, 3.8) is 0 Å². The smallest absolute Gasteiger partial charge is 0.169 e. The fourth-order valence-electron chi connectivity index (χ4n) is 2.46. The molecule has 5 heteroatoms. The van der Waals surface area contributed by atoms with E-state index < -0.39 is 11.9 Å². The van der Waals surface area contributed by atoms with Crippen LogP contribution in [0.5, 0.6) is 0 Å². The molecule has 0 saturated carbocycles. The molecule has 21 heavy (non-hydrogen) atoms. The van der Waals surface area contributed by atoms with Crippen molar-refractivity contribution in [1.82, 2.24) is 5.43 Å². The van der Waals surface area contributed by atoms with Crippen LogP contribution in [0.4, 0.5) is 4.39 Å². The molecule has 3 N–H and O–H groups in total. The van der Waals surface area contributed by atoms with Gasteiger partial charge in [-0.15, -0.1) is 0 Å². The molecular formula is C16H14ClFN2O. The molecule has 1 heterocycles. The van der Waals surface area contributed by atoms with Crippen LogP contribution >= 0.6 is 11.6 Å². The van der Waals surface area contributed by atoms with Crippen LogP contribution in [0.15, 0.2) is 46.9 Å². The average molecular weight is 305 g/mol. The number of hydrogen-bond donors (Lipinski definition) is 2. The van der Waals surface area contributed by atoms with E-state index in [2.05, 4.69) is 5.43 Å². The van der Waals surface area contributed by atoms with Gasteiger partial charge in [-0.3, -0.25) is 5.84 Å². The number of hydrazine groups is 1. The van der Waals surface area contributed by atoms with Crippen LogP contribution in [0.25, 0.3) is 11.0 Å². The molecule has 0 spiro atoms. The molecule has 0 aliphatic rings. The first-order valence-corrected chi connectivity index (χ1v) is 6.87. The molecule has 3 nitrogen and oxygen atoms in total. The second kappa shape index (κ2) is 5.48. The zero-order chi connectivity index (χ0) is 15.0. The summed E-state index contributed by atoms with van der Waals surface area (Å²) in [6, 6.07) is 11.8. The van der Waals surface area contributed by atoms with Gasteiger partial charge in [0.25, 0.3) is 0 Å². The van der Waals surface area contributed by atoms with Gasteiger partial charge in [0.1, 0.15) is 11.8 Å². The van der Waals surface area contributed by atoms with Crippen molar-refractivity contribution in [3.05, 3.63) is 70.2 Å². The SMILES string of the molecule is Cc1cc(Cl)cc(C(NN)c2cc3cccc(F)c3o2)c1. The zero-order valence-corrected chi connectivity index (χ0v) is 12.1. The number of halogens is 2. The Morgan fingerprint density at radius 3 is 2.71 bits per heavy atom. The normalized spacial score (nSPS) is 12.8. The third kappa shape index (κ3) is 2.65. The summed E-state index contributed by atoms with van der Waals surface area (Å²) in [6.07, 6.45) is 0. The van der Waals surface area contributed by atoms with E-state index in [1.54, 1.807) is 18.2 Å². The Hall–Kier alpha value is -1.88. The lowest BCUT2D eigenvalue weighted by atomic mass is 10.0. The minimum atomic E-state index is -0.394. The van der Waals surface area contributed by atoms with Gasteiger partial charge in [-0.25, -0.2) is 9.82 Å². The standard InChI is InChI=1S/C16H14ClFN2O/c1-9-5-11(7-12(17)6-9)15(20-19)14-8-10-3-2-4-13(18)16(10)21-14/h2-8,15,20H,19H2,1H3. The van der Waals surface area contributed by atoms with E-state index in [1.165, 1.54) is 6.07 Å². The molecule has 0 bridgehead atoms. The van der Waals surface area contributed by atoms with E-state index >= 15 is 0 Å². The van der Waals surface area contributed by atoms with E-state index in [0.29, 0.717) is 16.2 Å². The molecule has 2 aromatic carbocycles. The van der Waals surface area contributed by atoms with E-state index in [0.717, 1.165) is 11.1 Å². The fraction of sp³-hybridized carbons (Fsp3) is 0.125. The molecule has 1 atom stereocenters. The predicted molar refractivity (Wildman–Crippen MR) is 81.5 cm³/mol. The highest BCUT2D eigenvalue weighted by molar-refractivity contribution is 6.30. The van der Waals surface area contributed by atoms with Gasteiger partial charge in [0.05, 0.1) is 0 Å². The first-order chi connectivity index (χ1) is 10.1. The number of nitrogens with two attached hydrogens (primary N) is 1. The van der Waals surface area contributed by atoms with E-state index in [-0.39, 0.29) is 5.58 Å². The maximum Gasteiger partial charge on any atom is 0.169 e. The highest BCUT2D eigenvalue weighted by Gasteiger charge is 2.19. The number of nitrogens with one attached hydrogen (secondary N) is 1. The molecule has 0 saturated heterocycles. The lowest BCUT2D eigenvalue weighted by Crippen LogP contribution is -2.28. The highest BCUT2D eigenvalue weighted by Crippen LogP contribution is 2.30. The van der Waals surface area contributed by atoms with Gasteiger partial charge in [-0.05, 0) is 42.3 Å². The molecule has 0 amide bonds. The van der Waals surface area contributed by atoms with Crippen LogP contribution in [-0.4, -0.2) is 0 Å². The number of rotatable bonds is 3. The van der Waals surface area contributed by atoms with Gasteiger partial charge in [-0.1, -0.05) is 29.8 Å². The molecule has 3 rings (SSSR count). The van der Waals surface area contributed by atoms with Crippen LogP contribution in [0.1, 0.15) is 22.9 Å². The molecule has 1 unspecified atom stereocenters. The Balaban J connectivity index is 2.11. The molecule has 0 aliphatic carbocycles. The molecule has 3 aromatic rings. The monoisotopic (exact) mass is 304 g/mol. The van der Waals surface area contributed by atoms with Crippen LogP contribution in [-0.2, 0) is 0 Å². The number of para-hydroxylation sites is 1. The lowest BCUT2D eigenvalue weighted by Gasteiger charge is -2.14. The summed E-state index contributed by atoms with van der Waals surface area (Å²) in [5.41, 5.74) is 4.80. The minimum absolute atomic E-state index is 0.228. The van der Waals surface area contributed by atoms with Crippen molar-refractivity contribution in [2.75, 3.05) is 0 Å². The predicted octanol–water partition coefficient (Wildman–Crippen LogP) is 4.09. The maximum absolute atomic E-state index is 13.7. The number of aryl methyl sites for hydroxylation is 1. The Morgan fingerprint density at radius 2 is 2.05 bits per heavy atom. The van der Waals surface area contributed by atoms with Gasteiger partial charge in [-0.2, -0.15) is 0 Å². The van der Waals surface area contributed by atoms with Gasteiger partial charge < -0.3 is 4.42 Å². The van der Waals surface area contributed by atoms with Crippen molar-refractivity contribution >= 4 is 22.6 Å². The summed E-state index contributed by atoms with van der Waals surface area (Å²) in [6.45, 7) is 1.95. The summed E-state index contributed by atoms with van der Waals surface area (Å²) < 4.78 is 19.4. The number of fused-ring (bicyclic) bond motifs is 1. The second-order valence-corrected chi connectivity index (χ2v) is 5.40. The summed E-state index contributed by atoms with van der Waals surface area (Å²) in [5, 5.41) is 1.32. The lowest BCUT2D eigenvalue weighted by molar-refractivity contribution is 0.465. The van der Waals surface area contributed by atoms with Crippen molar-refractivity contribution in [3.8, 4) is 0 Å². The Labute approximate surface area is 126 Å². The third-order valence-electron chi connectivity index (χ3n) is 3.36. The summed E-state index contributed by atoms with van der Waals surface area (Å²) >= 11 is 6.08. The van der Waals surface area contributed by atoms with Crippen molar-refractivity contribution in [2.24, 2.45) is 5.84 Å². The first-order valence-electron chi connectivity index (χ1n) is 6.49. The van der Waals surface area contributed by atoms with Gasteiger partial charge in [0, 0.05) is 10.4 Å². The molecule has 0 radical (unpaired) electrons. The molecular weight excluding hydrogens is 291 g/mol. The maximum atomic E-state index is 13.7. The Bertz CT molecular complexity index is 780. The molecule has 1 aromatic heterocycles. The topological polar surface area (TPSA) is 51.2 Å². The fourth-order valence-corrected chi connectivity index (χ4v) is 2.76. The van der Waals surface area contributed by atoms with E-state index in [9.17, 15) is 4.39 Å². The first kappa shape index (κ1) is 14.1. The number of hydrogen-bond acceptors (Lipinski definition) is 3. The third-order valence-corrected chi connectivity index (χ3v) is 3.58. The Morgan fingerprint density at radius 1 is 1.24 bits per heavy atom. The molecule has 108 valence electrons. The van der Waals surface area contributed by atoms with E-state index in [1.807, 2.05) is 25.1 Å². The Kier molecular flexibility index (Phi) is 3.68. The number of benzene rings is 2. The van der Waals surface area contributed by atoms with Gasteiger partial charge in [0.2, 0.25) is 0 Å². The van der Waals surface area contributed by atoms with Crippen LogP contribution in [0.2, 0.25) is 5.02 Å². The number of furan rings is 1. The molecule has 0 aliphatic heterocycles. The largest absolute Gasteiger partial charge is 0.456 e. The van der Waals surface area contributed by atoms with Crippen LogP contribution in [0, 0.1) is 12.7 Å². The van der Waals surface area contributed by atoms with Gasteiger partial charge in [0.15, 0.2) is 11.4 Å². The summed E-state index contributed by atoms with van der Waals surface area (Å²) in [7, 11) is 0. The average Bonchev–Trinajstić information content (AvgIpc) is 2.83. The van der Waals surface area contributed by atoms with Crippen molar-refractivity contribution in [2.45, 2.75) is 13.0 Å². The van der Waals surface area contributed by atoms with Gasteiger partial charge >= 0.3 is 0 Å². The summed E-state index contributed by atoms with van der Waals surface area (Å²) in [4.78, 5) is 0. The van der Waals surface area contributed by atoms with Crippen LogP contribution < -0.4 is 11.3 Å². The van der Waals surface area contributed by atoms with Crippen molar-refractivity contribution in [1.29, 1.82) is 0 Å². The quantitative estimate of drug-likeness (QED) is 0.566. The zero-order valence-electron chi connectivity index (χ0n) is 11.4. The second-order valence-electron chi connectivity index (χ2n) is 4.97.